The molecule has 0 aliphatic carbocycles. The maximum absolute atomic E-state index is 11.0. The van der Waals surface area contributed by atoms with E-state index >= 15 is 0 Å². The summed E-state index contributed by atoms with van der Waals surface area (Å²) in [5.41, 5.74) is 4.21. The monoisotopic (exact) mass is 389 g/mol. The van der Waals surface area contributed by atoms with Crippen LogP contribution in [0.15, 0.2) is 68.8 Å². The maximum Gasteiger partial charge on any atom is 0.294 e. The first-order valence-electron chi connectivity index (χ1n) is 7.63. The SMILES string of the molecule is CC/C(N=Nc1nc2ccccc2s1)=N\Nc1ccc(S(=O)(=O)O)cc1. The highest BCUT2D eigenvalue weighted by Crippen LogP contribution is 2.27. The topological polar surface area (TPSA) is 116 Å². The lowest BCUT2D eigenvalue weighted by Gasteiger charge is -2.02. The molecular weight excluding hydrogens is 374 g/mol. The summed E-state index contributed by atoms with van der Waals surface area (Å²) in [6, 6.07) is 13.3. The van der Waals surface area contributed by atoms with Crippen molar-refractivity contribution in [3.63, 3.8) is 0 Å². The standard InChI is InChI=1S/C16H15N5O3S2/c1-2-15(19-18-11-7-9-12(10-8-11)26(22,23)24)20-21-16-17-13-5-3-4-6-14(13)25-16/h3-10,18H,2H2,1H3,(H,22,23,24)/b19-15+,21-20?. The largest absolute Gasteiger partial charge is 0.294 e. The minimum Gasteiger partial charge on any atom is -0.282 e. The van der Waals surface area contributed by atoms with E-state index in [0.717, 1.165) is 10.2 Å². The number of anilines is 1. The summed E-state index contributed by atoms with van der Waals surface area (Å²) in [6.45, 7) is 1.89. The lowest BCUT2D eigenvalue weighted by atomic mass is 10.3. The number of nitrogens with one attached hydrogen (secondary N) is 1. The Morgan fingerprint density at radius 3 is 2.58 bits per heavy atom. The number of hydrogen-bond acceptors (Lipinski definition) is 7. The maximum atomic E-state index is 11.0. The number of nitrogens with zero attached hydrogens (tertiary/aromatic N) is 4. The van der Waals surface area contributed by atoms with Crippen molar-refractivity contribution in [2.45, 2.75) is 18.2 Å². The molecule has 134 valence electrons. The lowest BCUT2D eigenvalue weighted by molar-refractivity contribution is 0.483. The van der Waals surface area contributed by atoms with E-state index in [0.29, 0.717) is 23.1 Å². The van der Waals surface area contributed by atoms with Crippen molar-refractivity contribution < 1.29 is 13.0 Å². The number of aromatic nitrogens is 1. The van der Waals surface area contributed by atoms with Crippen LogP contribution < -0.4 is 5.43 Å². The second kappa shape index (κ2) is 7.68. The van der Waals surface area contributed by atoms with Crippen LogP contribution in [-0.2, 0) is 10.1 Å². The van der Waals surface area contributed by atoms with Crippen LogP contribution in [0.4, 0.5) is 10.8 Å². The number of para-hydroxylation sites is 1. The van der Waals surface area contributed by atoms with Gasteiger partial charge in [-0.15, -0.1) is 10.2 Å². The Labute approximate surface area is 154 Å². The summed E-state index contributed by atoms with van der Waals surface area (Å²) in [5, 5.41) is 12.9. The molecule has 0 unspecified atom stereocenters. The fourth-order valence-corrected chi connectivity index (χ4v) is 3.27. The van der Waals surface area contributed by atoms with Gasteiger partial charge in [0.2, 0.25) is 5.13 Å². The molecule has 0 radical (unpaired) electrons. The van der Waals surface area contributed by atoms with Crippen LogP contribution in [0.2, 0.25) is 0 Å². The minimum atomic E-state index is -4.21. The molecule has 2 N–H and O–H groups in total. The summed E-state index contributed by atoms with van der Waals surface area (Å²) in [6.07, 6.45) is 0.546. The van der Waals surface area contributed by atoms with Gasteiger partial charge in [0.25, 0.3) is 10.1 Å². The zero-order chi connectivity index (χ0) is 18.6. The highest BCUT2D eigenvalue weighted by molar-refractivity contribution is 7.85. The van der Waals surface area contributed by atoms with Crippen molar-refractivity contribution in [1.82, 2.24) is 4.98 Å². The smallest absolute Gasteiger partial charge is 0.282 e. The van der Waals surface area contributed by atoms with Gasteiger partial charge >= 0.3 is 0 Å². The molecule has 0 fully saturated rings. The van der Waals surface area contributed by atoms with Crippen LogP contribution in [0.25, 0.3) is 10.2 Å². The van der Waals surface area contributed by atoms with Gasteiger partial charge in [-0.1, -0.05) is 30.4 Å². The Morgan fingerprint density at radius 2 is 1.92 bits per heavy atom. The number of hydrazone groups is 1. The highest BCUT2D eigenvalue weighted by Gasteiger charge is 2.08. The number of azo groups is 1. The van der Waals surface area contributed by atoms with Crippen molar-refractivity contribution in [2.75, 3.05) is 5.43 Å². The molecule has 2 aromatic carbocycles. The quantitative estimate of drug-likeness (QED) is 0.220. The number of hydrogen-bond donors (Lipinski definition) is 2. The van der Waals surface area contributed by atoms with Crippen LogP contribution in [0.1, 0.15) is 13.3 Å². The van der Waals surface area contributed by atoms with Gasteiger partial charge in [0, 0.05) is 6.42 Å². The van der Waals surface area contributed by atoms with E-state index in [1.807, 2.05) is 31.2 Å². The molecule has 0 atom stereocenters. The molecule has 3 aromatic rings. The van der Waals surface area contributed by atoms with Crippen LogP contribution in [0.3, 0.4) is 0 Å². The molecule has 0 saturated carbocycles. The van der Waals surface area contributed by atoms with E-state index in [2.05, 4.69) is 25.7 Å². The van der Waals surface area contributed by atoms with Gasteiger partial charge in [-0.25, -0.2) is 4.98 Å². The molecule has 3 rings (SSSR count). The Kier molecular flexibility index (Phi) is 5.35. The lowest BCUT2D eigenvalue weighted by Crippen LogP contribution is -1.99. The molecule has 26 heavy (non-hydrogen) atoms. The van der Waals surface area contributed by atoms with Crippen molar-refractivity contribution in [3.8, 4) is 0 Å². The Hall–Kier alpha value is -2.69. The molecule has 0 aliphatic heterocycles. The summed E-state index contributed by atoms with van der Waals surface area (Å²) >= 11 is 1.44. The molecule has 0 bridgehead atoms. The predicted octanol–water partition coefficient (Wildman–Crippen LogP) is 4.46. The van der Waals surface area contributed by atoms with Crippen molar-refractivity contribution in [1.29, 1.82) is 0 Å². The zero-order valence-corrected chi connectivity index (χ0v) is 15.3. The molecule has 0 spiro atoms. The summed E-state index contributed by atoms with van der Waals surface area (Å²) in [4.78, 5) is 4.19. The highest BCUT2D eigenvalue weighted by atomic mass is 32.2. The summed E-state index contributed by atoms with van der Waals surface area (Å²) < 4.78 is 32.0. The van der Waals surface area contributed by atoms with E-state index < -0.39 is 10.1 Å². The Bertz CT molecular complexity index is 1040. The number of amidine groups is 1. The average Bonchev–Trinajstić information content (AvgIpc) is 3.04. The first-order valence-corrected chi connectivity index (χ1v) is 9.89. The van der Waals surface area contributed by atoms with Gasteiger partial charge in [-0.3, -0.25) is 9.98 Å². The van der Waals surface area contributed by atoms with Crippen LogP contribution in [0, 0.1) is 0 Å². The van der Waals surface area contributed by atoms with Crippen LogP contribution in [-0.4, -0.2) is 23.8 Å². The van der Waals surface area contributed by atoms with Crippen molar-refractivity contribution in [3.05, 3.63) is 48.5 Å². The van der Waals surface area contributed by atoms with Crippen molar-refractivity contribution in [2.24, 2.45) is 15.3 Å². The Morgan fingerprint density at radius 1 is 1.19 bits per heavy atom. The van der Waals surface area contributed by atoms with E-state index in [1.165, 1.54) is 35.6 Å². The Balaban J connectivity index is 1.71. The van der Waals surface area contributed by atoms with Crippen molar-refractivity contribution >= 4 is 48.3 Å². The molecule has 8 nitrogen and oxygen atoms in total. The zero-order valence-electron chi connectivity index (χ0n) is 13.7. The molecule has 0 saturated heterocycles. The van der Waals surface area contributed by atoms with Gasteiger partial charge in [0.1, 0.15) is 0 Å². The van der Waals surface area contributed by atoms with Gasteiger partial charge in [0.15, 0.2) is 5.84 Å². The van der Waals surface area contributed by atoms with E-state index in [4.69, 9.17) is 4.55 Å². The van der Waals surface area contributed by atoms with Gasteiger partial charge < -0.3 is 0 Å². The second-order valence-corrected chi connectivity index (χ2v) is 7.59. The summed E-state index contributed by atoms with van der Waals surface area (Å²) in [7, 11) is -4.21. The number of thiazole rings is 1. The third-order valence-corrected chi connectivity index (χ3v) is 5.10. The normalized spacial score (nSPS) is 12.8. The number of benzene rings is 2. The number of fused-ring (bicyclic) bond motifs is 1. The van der Waals surface area contributed by atoms with Gasteiger partial charge in [-0.05, 0) is 36.4 Å². The predicted molar refractivity (Wildman–Crippen MR) is 102 cm³/mol. The molecular formula is C16H15N5O3S2. The fraction of sp³-hybridized carbons (Fsp3) is 0.125. The first-order chi connectivity index (χ1) is 12.5. The first kappa shape index (κ1) is 18.1. The minimum absolute atomic E-state index is 0.182. The molecule has 1 heterocycles. The third kappa shape index (κ3) is 4.48. The van der Waals surface area contributed by atoms with Gasteiger partial charge in [-0.2, -0.15) is 13.5 Å². The second-order valence-electron chi connectivity index (χ2n) is 5.16. The van der Waals surface area contributed by atoms with E-state index in [1.54, 1.807) is 0 Å². The number of rotatable bonds is 5. The van der Waals surface area contributed by atoms with Gasteiger partial charge in [0.05, 0.1) is 20.8 Å². The molecule has 0 aliphatic rings. The van der Waals surface area contributed by atoms with Crippen LogP contribution >= 0.6 is 11.3 Å². The van der Waals surface area contributed by atoms with E-state index in [9.17, 15) is 8.42 Å². The average molecular weight is 389 g/mol. The molecule has 1 aromatic heterocycles. The van der Waals surface area contributed by atoms with Crippen LogP contribution in [0.5, 0.6) is 0 Å². The summed E-state index contributed by atoms with van der Waals surface area (Å²) in [5.74, 6) is 0.461. The molecule has 10 heteroatoms. The molecule has 0 amide bonds. The fourth-order valence-electron chi connectivity index (χ4n) is 2.01. The third-order valence-electron chi connectivity index (χ3n) is 3.32. The van der Waals surface area contributed by atoms with E-state index in [-0.39, 0.29) is 4.90 Å².